The molecule has 19 heavy (non-hydrogen) atoms. The molecule has 2 N–H and O–H groups in total. The smallest absolute Gasteiger partial charge is 0.331 e. The molecule has 0 saturated carbocycles. The maximum absolute atomic E-state index is 12.4. The van der Waals surface area contributed by atoms with Crippen LogP contribution in [0.3, 0.4) is 0 Å². The number of phenolic OH excluding ortho intramolecular Hbond substituents is 1. The van der Waals surface area contributed by atoms with Gasteiger partial charge in [-0.15, -0.1) is 0 Å². The molecule has 1 aliphatic rings. The van der Waals surface area contributed by atoms with Crippen LogP contribution >= 0.6 is 0 Å². The molecule has 1 aromatic heterocycles. The lowest BCUT2D eigenvalue weighted by atomic mass is 10.0. The lowest BCUT2D eigenvalue weighted by Gasteiger charge is -2.27. The third kappa shape index (κ3) is 1.76. The number of aromatic nitrogens is 2. The van der Waals surface area contributed by atoms with E-state index >= 15 is 0 Å². The fraction of sp³-hybridized carbons (Fsp3) is 0.385. The number of aryl methyl sites for hydroxylation is 1. The zero-order chi connectivity index (χ0) is 13.6. The van der Waals surface area contributed by atoms with Crippen LogP contribution in [0.25, 0.3) is 10.9 Å². The van der Waals surface area contributed by atoms with Gasteiger partial charge in [0, 0.05) is 32.6 Å². The van der Waals surface area contributed by atoms with Crippen molar-refractivity contribution < 1.29 is 5.11 Å². The van der Waals surface area contributed by atoms with Crippen LogP contribution < -0.4 is 16.6 Å². The van der Waals surface area contributed by atoms with Gasteiger partial charge in [-0.3, -0.25) is 13.9 Å². The van der Waals surface area contributed by atoms with E-state index in [0.717, 1.165) is 13.1 Å². The summed E-state index contributed by atoms with van der Waals surface area (Å²) in [5, 5.41) is 13.2. The summed E-state index contributed by atoms with van der Waals surface area (Å²) in [4.78, 5) is 24.6. The van der Waals surface area contributed by atoms with Gasteiger partial charge in [-0.05, 0) is 12.1 Å². The molecule has 2 heterocycles. The first kappa shape index (κ1) is 12.0. The molecular formula is C13H15N3O3. The maximum atomic E-state index is 12.4. The van der Waals surface area contributed by atoms with Crippen molar-refractivity contribution in [3.63, 3.8) is 0 Å². The Morgan fingerprint density at radius 1 is 1.37 bits per heavy atom. The lowest BCUT2D eigenvalue weighted by Crippen LogP contribution is -2.49. The minimum Gasteiger partial charge on any atom is -0.507 e. The Hall–Kier alpha value is -2.08. The summed E-state index contributed by atoms with van der Waals surface area (Å²) in [6.07, 6.45) is 0. The average Bonchev–Trinajstić information content (AvgIpc) is 2.33. The van der Waals surface area contributed by atoms with E-state index in [4.69, 9.17) is 0 Å². The number of phenols is 1. The summed E-state index contributed by atoms with van der Waals surface area (Å²) < 4.78 is 2.62. The third-order valence-corrected chi connectivity index (χ3v) is 3.67. The Morgan fingerprint density at radius 2 is 2.11 bits per heavy atom. The molecule has 100 valence electrons. The zero-order valence-electron chi connectivity index (χ0n) is 10.6. The number of aromatic hydroxyl groups is 1. The molecular weight excluding hydrogens is 246 g/mol. The van der Waals surface area contributed by atoms with Crippen LogP contribution in [0.2, 0.25) is 0 Å². The number of nitrogens with one attached hydrogen (secondary N) is 1. The van der Waals surface area contributed by atoms with Crippen molar-refractivity contribution >= 4 is 10.9 Å². The highest BCUT2D eigenvalue weighted by molar-refractivity contribution is 5.84. The second kappa shape index (κ2) is 4.24. The van der Waals surface area contributed by atoms with E-state index in [9.17, 15) is 14.7 Å². The summed E-state index contributed by atoms with van der Waals surface area (Å²) in [5.41, 5.74) is -0.295. The quantitative estimate of drug-likeness (QED) is 0.773. The predicted molar refractivity (Wildman–Crippen MR) is 71.5 cm³/mol. The van der Waals surface area contributed by atoms with E-state index in [-0.39, 0.29) is 16.8 Å². The Kier molecular flexibility index (Phi) is 2.67. The van der Waals surface area contributed by atoms with Crippen molar-refractivity contribution in [2.24, 2.45) is 13.0 Å². The maximum Gasteiger partial charge on any atom is 0.331 e. The molecule has 1 fully saturated rings. The normalized spacial score (nSPS) is 15.6. The van der Waals surface area contributed by atoms with Crippen LogP contribution in [0.5, 0.6) is 5.75 Å². The summed E-state index contributed by atoms with van der Waals surface area (Å²) >= 11 is 0. The summed E-state index contributed by atoms with van der Waals surface area (Å²) in [6.45, 7) is 2.02. The number of fused-ring (bicyclic) bond motifs is 1. The molecule has 3 rings (SSSR count). The standard InChI is InChI=1S/C13H15N3O3/c1-15-9-3-2-4-10(17)11(9)12(18)16(13(15)19)7-8-5-14-6-8/h2-4,8,14,17H,5-7H2,1H3. The third-order valence-electron chi connectivity index (χ3n) is 3.67. The Bertz CT molecular complexity index is 756. The van der Waals surface area contributed by atoms with E-state index in [1.54, 1.807) is 19.2 Å². The van der Waals surface area contributed by atoms with Gasteiger partial charge in [-0.2, -0.15) is 0 Å². The van der Waals surface area contributed by atoms with Gasteiger partial charge in [0.1, 0.15) is 11.1 Å². The fourth-order valence-corrected chi connectivity index (χ4v) is 2.43. The summed E-state index contributed by atoms with van der Waals surface area (Å²) in [6, 6.07) is 4.74. The van der Waals surface area contributed by atoms with Crippen molar-refractivity contribution in [2.45, 2.75) is 6.54 Å². The van der Waals surface area contributed by atoms with Crippen LogP contribution in [-0.2, 0) is 13.6 Å². The second-order valence-corrected chi connectivity index (χ2v) is 4.95. The molecule has 0 spiro atoms. The number of hydrogen-bond donors (Lipinski definition) is 2. The van der Waals surface area contributed by atoms with E-state index in [1.165, 1.54) is 15.2 Å². The van der Waals surface area contributed by atoms with Crippen LogP contribution in [0, 0.1) is 5.92 Å². The van der Waals surface area contributed by atoms with E-state index in [1.807, 2.05) is 0 Å². The molecule has 6 nitrogen and oxygen atoms in total. The molecule has 0 amide bonds. The summed E-state index contributed by atoms with van der Waals surface area (Å²) in [7, 11) is 1.61. The molecule has 0 bridgehead atoms. The zero-order valence-corrected chi connectivity index (χ0v) is 10.6. The Balaban J connectivity index is 2.30. The first-order chi connectivity index (χ1) is 9.09. The highest BCUT2D eigenvalue weighted by Gasteiger charge is 2.21. The topological polar surface area (TPSA) is 76.3 Å². The van der Waals surface area contributed by atoms with Crippen molar-refractivity contribution in [2.75, 3.05) is 13.1 Å². The number of hydrogen-bond acceptors (Lipinski definition) is 4. The predicted octanol–water partition coefficient (Wildman–Crippen LogP) is -0.375. The lowest BCUT2D eigenvalue weighted by molar-refractivity contribution is 0.298. The van der Waals surface area contributed by atoms with E-state index in [0.29, 0.717) is 18.0 Å². The van der Waals surface area contributed by atoms with Gasteiger partial charge in [-0.25, -0.2) is 4.79 Å². The van der Waals surface area contributed by atoms with Gasteiger partial charge in [-0.1, -0.05) is 6.07 Å². The first-order valence-electron chi connectivity index (χ1n) is 6.22. The SMILES string of the molecule is Cn1c(=O)n(CC2CNC2)c(=O)c2c(O)cccc21. The minimum atomic E-state index is -0.414. The highest BCUT2D eigenvalue weighted by Crippen LogP contribution is 2.19. The van der Waals surface area contributed by atoms with Crippen molar-refractivity contribution in [1.82, 2.24) is 14.5 Å². The highest BCUT2D eigenvalue weighted by atomic mass is 16.3. The largest absolute Gasteiger partial charge is 0.507 e. The van der Waals surface area contributed by atoms with Crippen LogP contribution in [-0.4, -0.2) is 27.3 Å². The van der Waals surface area contributed by atoms with Gasteiger partial charge >= 0.3 is 5.69 Å². The van der Waals surface area contributed by atoms with Crippen molar-refractivity contribution in [3.8, 4) is 5.75 Å². The monoisotopic (exact) mass is 261 g/mol. The molecule has 1 aliphatic heterocycles. The van der Waals surface area contributed by atoms with Gasteiger partial charge in [0.25, 0.3) is 5.56 Å². The molecule has 1 saturated heterocycles. The van der Waals surface area contributed by atoms with Crippen molar-refractivity contribution in [3.05, 3.63) is 39.0 Å². The van der Waals surface area contributed by atoms with Crippen LogP contribution in [0.4, 0.5) is 0 Å². The molecule has 0 atom stereocenters. The second-order valence-electron chi connectivity index (χ2n) is 4.95. The van der Waals surface area contributed by atoms with Crippen LogP contribution in [0.1, 0.15) is 0 Å². The van der Waals surface area contributed by atoms with Gasteiger partial charge < -0.3 is 10.4 Å². The van der Waals surface area contributed by atoms with Gasteiger partial charge in [0.2, 0.25) is 0 Å². The Morgan fingerprint density at radius 3 is 2.74 bits per heavy atom. The molecule has 0 unspecified atom stereocenters. The molecule has 2 aromatic rings. The molecule has 1 aromatic carbocycles. The molecule has 0 aliphatic carbocycles. The van der Waals surface area contributed by atoms with Crippen LogP contribution in [0.15, 0.2) is 27.8 Å². The fourth-order valence-electron chi connectivity index (χ4n) is 2.43. The number of rotatable bonds is 2. The Labute approximate surface area is 108 Å². The minimum absolute atomic E-state index is 0.0846. The molecule has 6 heteroatoms. The van der Waals surface area contributed by atoms with Gasteiger partial charge in [0.15, 0.2) is 0 Å². The average molecular weight is 261 g/mol. The van der Waals surface area contributed by atoms with E-state index < -0.39 is 5.56 Å². The first-order valence-corrected chi connectivity index (χ1v) is 6.22. The molecule has 0 radical (unpaired) electrons. The number of benzene rings is 1. The van der Waals surface area contributed by atoms with E-state index in [2.05, 4.69) is 5.32 Å². The number of nitrogens with zero attached hydrogens (tertiary/aromatic N) is 2. The summed E-state index contributed by atoms with van der Waals surface area (Å²) in [5.74, 6) is 0.215. The van der Waals surface area contributed by atoms with Crippen molar-refractivity contribution in [1.29, 1.82) is 0 Å². The van der Waals surface area contributed by atoms with Gasteiger partial charge in [0.05, 0.1) is 5.52 Å².